The van der Waals surface area contributed by atoms with Crippen LogP contribution in [-0.2, 0) is 21.7 Å². The highest BCUT2D eigenvalue weighted by Gasteiger charge is 2.48. The van der Waals surface area contributed by atoms with Crippen molar-refractivity contribution in [2.75, 3.05) is 18.5 Å². The van der Waals surface area contributed by atoms with Crippen molar-refractivity contribution in [2.45, 2.75) is 25.5 Å². The number of nitrogens with zero attached hydrogens (tertiary/aromatic N) is 1. The zero-order valence-corrected chi connectivity index (χ0v) is 17.5. The Kier molecular flexibility index (Phi) is 6.92. The number of rotatable bonds is 8. The van der Waals surface area contributed by atoms with Gasteiger partial charge in [0.1, 0.15) is 0 Å². The smallest absolute Gasteiger partial charge is 0.261 e. The summed E-state index contributed by atoms with van der Waals surface area (Å²) in [5.74, 6) is -1.25. The Morgan fingerprint density at radius 1 is 1.27 bits per heavy atom. The third-order valence-electron chi connectivity index (χ3n) is 5.30. The molecule has 30 heavy (non-hydrogen) atoms. The number of halogens is 1. The lowest BCUT2D eigenvalue weighted by molar-refractivity contribution is -0.137. The van der Waals surface area contributed by atoms with Gasteiger partial charge in [-0.3, -0.25) is 9.59 Å². The molecule has 0 bridgehead atoms. The number of hydrogen-bond donors (Lipinski definition) is 3. The number of aliphatic hydroxyl groups is 2. The fourth-order valence-corrected chi connectivity index (χ4v) is 3.76. The van der Waals surface area contributed by atoms with Crippen LogP contribution in [0.15, 0.2) is 60.7 Å². The molecule has 0 spiro atoms. The van der Waals surface area contributed by atoms with E-state index in [0.29, 0.717) is 22.8 Å². The Balaban J connectivity index is 1.68. The first-order chi connectivity index (χ1) is 14.4. The largest absolute Gasteiger partial charge is 0.395 e. The van der Waals surface area contributed by atoms with Crippen LogP contribution >= 0.6 is 11.6 Å². The summed E-state index contributed by atoms with van der Waals surface area (Å²) < 4.78 is 0. The molecule has 0 saturated heterocycles. The quantitative estimate of drug-likeness (QED) is 0.563. The van der Waals surface area contributed by atoms with Crippen LogP contribution in [0.4, 0.5) is 5.69 Å². The Morgan fingerprint density at radius 3 is 2.70 bits per heavy atom. The molecular formula is C23H25ClN2O4. The summed E-state index contributed by atoms with van der Waals surface area (Å²) in [6.07, 6.45) is 3.40. The average Bonchev–Trinajstić information content (AvgIpc) is 2.99. The first kappa shape index (κ1) is 22.0. The summed E-state index contributed by atoms with van der Waals surface area (Å²) >= 11 is 6.04. The molecule has 0 saturated carbocycles. The second kappa shape index (κ2) is 9.43. The molecule has 2 atom stereocenters. The minimum absolute atomic E-state index is 0.0945. The molecule has 1 aliphatic heterocycles. The Bertz CT molecular complexity index is 947. The van der Waals surface area contributed by atoms with Crippen LogP contribution < -0.4 is 5.32 Å². The standard InChI is InChI=1S/C23H25ClN2O4/c1-16(23(30)19-14-18(24)10-11-20(19)25-22(23)29)6-5-9-21(28)26(12-13-27)15-17-7-3-2-4-8-17/h2-8,10-11,14,16,27,30H,9,12-13,15H2,1H3,(H,25,29)/b6-5+/t16-,23+/m0/s1. The molecular weight excluding hydrogens is 404 g/mol. The minimum atomic E-state index is -1.76. The lowest BCUT2D eigenvalue weighted by Gasteiger charge is -2.26. The van der Waals surface area contributed by atoms with Gasteiger partial charge < -0.3 is 20.4 Å². The second-order valence-corrected chi connectivity index (χ2v) is 7.79. The van der Waals surface area contributed by atoms with E-state index in [2.05, 4.69) is 5.32 Å². The Hall–Kier alpha value is -2.67. The number of carbonyl (C=O) groups is 2. The predicted molar refractivity (Wildman–Crippen MR) is 116 cm³/mol. The lowest BCUT2D eigenvalue weighted by atomic mass is 9.83. The van der Waals surface area contributed by atoms with Crippen LogP contribution in [0.1, 0.15) is 24.5 Å². The zero-order chi connectivity index (χ0) is 21.7. The molecule has 0 radical (unpaired) electrons. The van der Waals surface area contributed by atoms with E-state index in [1.807, 2.05) is 30.3 Å². The van der Waals surface area contributed by atoms with Crippen molar-refractivity contribution in [1.29, 1.82) is 0 Å². The van der Waals surface area contributed by atoms with Crippen molar-refractivity contribution in [3.63, 3.8) is 0 Å². The molecule has 2 amide bonds. The van der Waals surface area contributed by atoms with Gasteiger partial charge in [-0.2, -0.15) is 0 Å². The summed E-state index contributed by atoms with van der Waals surface area (Å²) in [5, 5.41) is 23.5. The van der Waals surface area contributed by atoms with Gasteiger partial charge in [-0.15, -0.1) is 0 Å². The summed E-state index contributed by atoms with van der Waals surface area (Å²) in [6, 6.07) is 14.4. The molecule has 7 heteroatoms. The number of fused-ring (bicyclic) bond motifs is 1. The molecule has 158 valence electrons. The Morgan fingerprint density at radius 2 is 2.00 bits per heavy atom. The van der Waals surface area contributed by atoms with Crippen LogP contribution in [0.25, 0.3) is 0 Å². The Labute approximate surface area is 180 Å². The molecule has 1 aliphatic rings. The minimum Gasteiger partial charge on any atom is -0.395 e. The molecule has 3 rings (SSSR count). The van der Waals surface area contributed by atoms with Crippen molar-refractivity contribution >= 4 is 29.1 Å². The number of aliphatic hydroxyl groups excluding tert-OH is 1. The summed E-state index contributed by atoms with van der Waals surface area (Å²) in [7, 11) is 0. The van der Waals surface area contributed by atoms with E-state index in [0.717, 1.165) is 5.56 Å². The topological polar surface area (TPSA) is 89.9 Å². The second-order valence-electron chi connectivity index (χ2n) is 7.36. The first-order valence-corrected chi connectivity index (χ1v) is 10.2. The van der Waals surface area contributed by atoms with E-state index in [1.165, 1.54) is 0 Å². The first-order valence-electron chi connectivity index (χ1n) is 9.79. The summed E-state index contributed by atoms with van der Waals surface area (Å²) in [6.45, 7) is 2.22. The van der Waals surface area contributed by atoms with Crippen LogP contribution in [-0.4, -0.2) is 40.1 Å². The van der Waals surface area contributed by atoms with Gasteiger partial charge in [-0.1, -0.05) is 61.0 Å². The van der Waals surface area contributed by atoms with Gasteiger partial charge in [0.15, 0.2) is 5.60 Å². The fraction of sp³-hybridized carbons (Fsp3) is 0.304. The summed E-state index contributed by atoms with van der Waals surface area (Å²) in [4.78, 5) is 26.7. The van der Waals surface area contributed by atoms with Crippen molar-refractivity contribution in [1.82, 2.24) is 4.90 Å². The number of carbonyl (C=O) groups excluding carboxylic acids is 2. The van der Waals surface area contributed by atoms with E-state index in [9.17, 15) is 19.8 Å². The van der Waals surface area contributed by atoms with Gasteiger partial charge in [-0.05, 0) is 23.8 Å². The molecule has 2 aromatic carbocycles. The number of benzene rings is 2. The molecule has 1 heterocycles. The van der Waals surface area contributed by atoms with Gasteiger partial charge >= 0.3 is 0 Å². The van der Waals surface area contributed by atoms with E-state index >= 15 is 0 Å². The number of nitrogens with one attached hydrogen (secondary N) is 1. The maximum atomic E-state index is 12.6. The molecule has 6 nitrogen and oxygen atoms in total. The zero-order valence-electron chi connectivity index (χ0n) is 16.7. The van der Waals surface area contributed by atoms with Gasteiger partial charge in [-0.25, -0.2) is 0 Å². The van der Waals surface area contributed by atoms with Gasteiger partial charge in [0.05, 0.1) is 6.61 Å². The number of anilines is 1. The third-order valence-corrected chi connectivity index (χ3v) is 5.54. The molecule has 0 aliphatic carbocycles. The van der Waals surface area contributed by atoms with Crippen molar-refractivity contribution in [3.05, 3.63) is 76.8 Å². The van der Waals surface area contributed by atoms with E-state index in [4.69, 9.17) is 11.6 Å². The maximum Gasteiger partial charge on any atom is 0.261 e. The SMILES string of the molecule is C[C@@H](/C=C/CC(=O)N(CCO)Cc1ccccc1)[C@]1(O)C(=O)Nc2ccc(Cl)cc21. The van der Waals surface area contributed by atoms with Crippen LogP contribution in [0, 0.1) is 5.92 Å². The van der Waals surface area contributed by atoms with Crippen molar-refractivity contribution in [3.8, 4) is 0 Å². The van der Waals surface area contributed by atoms with Crippen LogP contribution in [0.5, 0.6) is 0 Å². The van der Waals surface area contributed by atoms with Gasteiger partial charge in [0.25, 0.3) is 5.91 Å². The normalized spacial score (nSPS) is 18.9. The molecule has 0 unspecified atom stereocenters. The van der Waals surface area contributed by atoms with Gasteiger partial charge in [0, 0.05) is 41.7 Å². The van der Waals surface area contributed by atoms with E-state index < -0.39 is 17.4 Å². The molecule has 0 aromatic heterocycles. The summed E-state index contributed by atoms with van der Waals surface area (Å²) in [5.41, 5.74) is 0.172. The van der Waals surface area contributed by atoms with Gasteiger partial charge in [0.2, 0.25) is 5.91 Å². The third kappa shape index (κ3) is 4.56. The molecule has 3 N–H and O–H groups in total. The highest BCUT2D eigenvalue weighted by molar-refractivity contribution is 6.31. The van der Waals surface area contributed by atoms with E-state index in [-0.39, 0.29) is 25.5 Å². The van der Waals surface area contributed by atoms with Crippen molar-refractivity contribution in [2.24, 2.45) is 5.92 Å². The fourth-order valence-electron chi connectivity index (χ4n) is 3.59. The van der Waals surface area contributed by atoms with Crippen molar-refractivity contribution < 1.29 is 19.8 Å². The average molecular weight is 429 g/mol. The van der Waals surface area contributed by atoms with Crippen LogP contribution in [0.2, 0.25) is 5.02 Å². The highest BCUT2D eigenvalue weighted by Crippen LogP contribution is 2.42. The predicted octanol–water partition coefficient (Wildman–Crippen LogP) is 3.08. The van der Waals surface area contributed by atoms with E-state index in [1.54, 1.807) is 42.2 Å². The number of hydrogen-bond acceptors (Lipinski definition) is 4. The number of amides is 2. The maximum absolute atomic E-state index is 12.6. The molecule has 2 aromatic rings. The molecule has 0 fully saturated rings. The lowest BCUT2D eigenvalue weighted by Crippen LogP contribution is -2.39. The van der Waals surface area contributed by atoms with Crippen LogP contribution in [0.3, 0.4) is 0 Å². The highest BCUT2D eigenvalue weighted by atomic mass is 35.5. The monoisotopic (exact) mass is 428 g/mol.